The Balaban J connectivity index is 1.87. The number of thiazole rings is 1. The van der Waals surface area contributed by atoms with Gasteiger partial charge >= 0.3 is 0 Å². The Bertz CT molecular complexity index is 727. The van der Waals surface area contributed by atoms with Crippen LogP contribution in [-0.4, -0.2) is 17.5 Å². The molecule has 0 bridgehead atoms. The molecule has 0 radical (unpaired) electrons. The van der Waals surface area contributed by atoms with Crippen LogP contribution < -0.4 is 4.74 Å². The Morgan fingerprint density at radius 1 is 1.00 bits per heavy atom. The Morgan fingerprint density at radius 3 is 2.59 bits per heavy atom. The van der Waals surface area contributed by atoms with Gasteiger partial charge in [-0.2, -0.15) is 0 Å². The molecule has 0 aliphatic heterocycles. The number of rotatable bonds is 6. The monoisotopic (exact) mass is 329 g/mol. The maximum Gasteiger partial charge on any atom is 0.128 e. The standard InChI is InChI=1S/C18H16ClNOS/c19-11-6-12-21-17-10-5-4-9-15(17)16-13-22-18(20-16)14-7-2-1-3-8-14/h1-5,7-10,13H,6,11-12H2. The van der Waals surface area contributed by atoms with Crippen LogP contribution in [0.3, 0.4) is 0 Å². The van der Waals surface area contributed by atoms with Crippen molar-refractivity contribution >= 4 is 22.9 Å². The molecule has 1 heterocycles. The van der Waals surface area contributed by atoms with Crippen molar-refractivity contribution < 1.29 is 4.74 Å². The maximum atomic E-state index is 5.83. The van der Waals surface area contributed by atoms with Gasteiger partial charge in [-0.05, 0) is 18.6 Å². The van der Waals surface area contributed by atoms with Gasteiger partial charge in [0.1, 0.15) is 10.8 Å². The molecule has 4 heteroatoms. The van der Waals surface area contributed by atoms with E-state index in [9.17, 15) is 0 Å². The van der Waals surface area contributed by atoms with E-state index in [0.717, 1.165) is 34.0 Å². The summed E-state index contributed by atoms with van der Waals surface area (Å²) in [5, 5.41) is 3.10. The van der Waals surface area contributed by atoms with Crippen molar-refractivity contribution in [3.8, 4) is 27.6 Å². The number of hydrogen-bond donors (Lipinski definition) is 0. The number of hydrogen-bond acceptors (Lipinski definition) is 3. The second kappa shape index (κ2) is 7.43. The van der Waals surface area contributed by atoms with Gasteiger partial charge in [-0.25, -0.2) is 4.98 Å². The van der Waals surface area contributed by atoms with Gasteiger partial charge in [-0.15, -0.1) is 22.9 Å². The fraction of sp³-hybridized carbons (Fsp3) is 0.167. The lowest BCUT2D eigenvalue weighted by atomic mass is 10.1. The first kappa shape index (κ1) is 15.1. The first-order valence-corrected chi connectivity index (χ1v) is 8.59. The van der Waals surface area contributed by atoms with E-state index in [1.807, 2.05) is 42.5 Å². The smallest absolute Gasteiger partial charge is 0.128 e. The molecule has 0 unspecified atom stereocenters. The number of aromatic nitrogens is 1. The highest BCUT2D eigenvalue weighted by molar-refractivity contribution is 7.13. The summed E-state index contributed by atoms with van der Waals surface area (Å²) in [6.45, 7) is 0.621. The van der Waals surface area contributed by atoms with Crippen molar-refractivity contribution in [1.29, 1.82) is 0 Å². The van der Waals surface area contributed by atoms with Gasteiger partial charge in [-0.3, -0.25) is 0 Å². The second-order valence-electron chi connectivity index (χ2n) is 4.79. The van der Waals surface area contributed by atoms with E-state index in [4.69, 9.17) is 21.3 Å². The third-order valence-corrected chi connectivity index (χ3v) is 4.38. The molecule has 0 saturated carbocycles. The third-order valence-electron chi connectivity index (χ3n) is 3.22. The largest absolute Gasteiger partial charge is 0.493 e. The summed E-state index contributed by atoms with van der Waals surface area (Å²) in [6, 6.07) is 18.2. The zero-order valence-corrected chi connectivity index (χ0v) is 13.6. The van der Waals surface area contributed by atoms with E-state index in [-0.39, 0.29) is 0 Å². The van der Waals surface area contributed by atoms with Gasteiger partial charge in [0.15, 0.2) is 0 Å². The van der Waals surface area contributed by atoms with Gasteiger partial charge in [0.05, 0.1) is 12.3 Å². The van der Waals surface area contributed by atoms with Crippen LogP contribution in [0.1, 0.15) is 6.42 Å². The quantitative estimate of drug-likeness (QED) is 0.441. The van der Waals surface area contributed by atoms with Crippen LogP contribution in [0, 0.1) is 0 Å². The van der Waals surface area contributed by atoms with E-state index in [0.29, 0.717) is 12.5 Å². The van der Waals surface area contributed by atoms with Crippen LogP contribution in [0.5, 0.6) is 5.75 Å². The highest BCUT2D eigenvalue weighted by atomic mass is 35.5. The van der Waals surface area contributed by atoms with Gasteiger partial charge in [-0.1, -0.05) is 42.5 Å². The molecule has 3 rings (SSSR count). The molecule has 3 aromatic rings. The highest BCUT2D eigenvalue weighted by Gasteiger charge is 2.10. The van der Waals surface area contributed by atoms with Crippen molar-refractivity contribution in [3.05, 3.63) is 60.0 Å². The molecule has 0 saturated heterocycles. The Kier molecular flexibility index (Phi) is 5.09. The van der Waals surface area contributed by atoms with Crippen molar-refractivity contribution in [2.45, 2.75) is 6.42 Å². The van der Waals surface area contributed by atoms with Crippen LogP contribution in [0.4, 0.5) is 0 Å². The summed E-state index contributed by atoms with van der Waals surface area (Å²) in [4.78, 5) is 4.75. The van der Waals surface area contributed by atoms with Crippen molar-refractivity contribution in [2.75, 3.05) is 12.5 Å². The van der Waals surface area contributed by atoms with Gasteiger partial charge in [0, 0.05) is 22.4 Å². The molecule has 2 aromatic carbocycles. The molecule has 0 N–H and O–H groups in total. The van der Waals surface area contributed by atoms with Crippen LogP contribution in [0.15, 0.2) is 60.0 Å². The summed E-state index contributed by atoms with van der Waals surface area (Å²) < 4.78 is 5.83. The average Bonchev–Trinajstić information content (AvgIpc) is 3.06. The number of nitrogens with zero attached hydrogens (tertiary/aromatic N) is 1. The fourth-order valence-electron chi connectivity index (χ4n) is 2.15. The number of para-hydroxylation sites is 1. The van der Waals surface area contributed by atoms with E-state index in [1.165, 1.54) is 0 Å². The Labute approximate surface area is 139 Å². The highest BCUT2D eigenvalue weighted by Crippen LogP contribution is 2.33. The second-order valence-corrected chi connectivity index (χ2v) is 6.03. The first-order chi connectivity index (χ1) is 10.9. The SMILES string of the molecule is ClCCCOc1ccccc1-c1csc(-c2ccccc2)n1. The fourth-order valence-corrected chi connectivity index (χ4v) is 3.09. The van der Waals surface area contributed by atoms with Crippen molar-refractivity contribution in [3.63, 3.8) is 0 Å². The molecule has 0 fully saturated rings. The summed E-state index contributed by atoms with van der Waals surface area (Å²) in [7, 11) is 0. The van der Waals surface area contributed by atoms with Crippen molar-refractivity contribution in [1.82, 2.24) is 4.98 Å². The van der Waals surface area contributed by atoms with Gasteiger partial charge < -0.3 is 4.74 Å². The van der Waals surface area contributed by atoms with Gasteiger partial charge in [0.25, 0.3) is 0 Å². The number of halogens is 1. The predicted molar refractivity (Wildman–Crippen MR) is 93.8 cm³/mol. The molecule has 0 aliphatic carbocycles. The normalized spacial score (nSPS) is 10.6. The lowest BCUT2D eigenvalue weighted by Gasteiger charge is -2.09. The zero-order valence-electron chi connectivity index (χ0n) is 12.0. The van der Waals surface area contributed by atoms with E-state index in [1.54, 1.807) is 11.3 Å². The number of benzene rings is 2. The Morgan fingerprint density at radius 2 is 1.77 bits per heavy atom. The van der Waals surface area contributed by atoms with Crippen LogP contribution >= 0.6 is 22.9 Å². The molecule has 0 atom stereocenters. The van der Waals surface area contributed by atoms with Crippen molar-refractivity contribution in [2.24, 2.45) is 0 Å². The minimum atomic E-state index is 0.608. The first-order valence-electron chi connectivity index (χ1n) is 7.17. The molecule has 112 valence electrons. The zero-order chi connectivity index (χ0) is 15.2. The lowest BCUT2D eigenvalue weighted by Crippen LogP contribution is -1.99. The molecule has 22 heavy (non-hydrogen) atoms. The summed E-state index contributed by atoms with van der Waals surface area (Å²) in [5.41, 5.74) is 3.11. The van der Waals surface area contributed by atoms with Crippen LogP contribution in [0.2, 0.25) is 0 Å². The third kappa shape index (κ3) is 3.49. The molecule has 0 spiro atoms. The molecule has 0 amide bonds. The topological polar surface area (TPSA) is 22.1 Å². The van der Waals surface area contributed by atoms with Crippen LogP contribution in [-0.2, 0) is 0 Å². The lowest BCUT2D eigenvalue weighted by molar-refractivity contribution is 0.319. The number of alkyl halides is 1. The predicted octanol–water partition coefficient (Wildman–Crippen LogP) is 5.48. The molecular formula is C18H16ClNOS. The average molecular weight is 330 g/mol. The minimum Gasteiger partial charge on any atom is -0.493 e. The van der Waals surface area contributed by atoms with E-state index < -0.39 is 0 Å². The van der Waals surface area contributed by atoms with E-state index >= 15 is 0 Å². The van der Waals surface area contributed by atoms with E-state index in [2.05, 4.69) is 17.5 Å². The molecular weight excluding hydrogens is 314 g/mol. The van der Waals surface area contributed by atoms with Crippen LogP contribution in [0.25, 0.3) is 21.8 Å². The summed E-state index contributed by atoms with van der Waals surface area (Å²) in [5.74, 6) is 1.47. The summed E-state index contributed by atoms with van der Waals surface area (Å²) in [6.07, 6.45) is 0.836. The molecule has 0 aliphatic rings. The minimum absolute atomic E-state index is 0.608. The summed E-state index contributed by atoms with van der Waals surface area (Å²) >= 11 is 7.35. The Hall–Kier alpha value is -1.84. The molecule has 2 nitrogen and oxygen atoms in total. The molecule has 1 aromatic heterocycles. The van der Waals surface area contributed by atoms with Gasteiger partial charge in [0.2, 0.25) is 0 Å². The maximum absolute atomic E-state index is 5.83. The number of ether oxygens (including phenoxy) is 1.